The summed E-state index contributed by atoms with van der Waals surface area (Å²) in [4.78, 5) is 2.20. The summed E-state index contributed by atoms with van der Waals surface area (Å²) in [6, 6.07) is 5.67. The van der Waals surface area contributed by atoms with E-state index in [1.54, 1.807) is 6.07 Å². The summed E-state index contributed by atoms with van der Waals surface area (Å²) < 4.78 is 0. The van der Waals surface area contributed by atoms with Gasteiger partial charge in [-0.05, 0) is 24.6 Å². The van der Waals surface area contributed by atoms with Gasteiger partial charge < -0.3 is 5.11 Å². The molecule has 0 aliphatic carbocycles. The zero-order chi connectivity index (χ0) is 12.7. The smallest absolute Gasteiger partial charge is 0.0637 e. The fraction of sp³-hybridized carbons (Fsp3) is 0.538. The second-order valence-electron chi connectivity index (χ2n) is 4.07. The third-order valence-corrected chi connectivity index (χ3v) is 3.53. The maximum Gasteiger partial charge on any atom is 0.0637 e. The molecule has 0 heterocycles. The molecule has 0 amide bonds. The Kier molecular flexibility index (Phi) is 6.90. The number of benzene rings is 1. The zero-order valence-corrected chi connectivity index (χ0v) is 11.6. The number of aliphatic hydroxyl groups is 1. The van der Waals surface area contributed by atoms with E-state index in [9.17, 15) is 0 Å². The molecule has 1 rings (SSSR count). The number of halogens is 2. The number of nitrogens with zero attached hydrogens (tertiary/aromatic N) is 1. The molecular formula is C13H19Cl2NO. The molecule has 0 saturated heterocycles. The zero-order valence-electron chi connectivity index (χ0n) is 10.1. The summed E-state index contributed by atoms with van der Waals surface area (Å²) in [5, 5.41) is 10.2. The second-order valence-corrected chi connectivity index (χ2v) is 4.85. The Labute approximate surface area is 113 Å². The second kappa shape index (κ2) is 7.93. The van der Waals surface area contributed by atoms with E-state index in [1.807, 2.05) is 12.1 Å². The summed E-state index contributed by atoms with van der Waals surface area (Å²) in [6.45, 7) is 4.70. The summed E-state index contributed by atoms with van der Waals surface area (Å²) >= 11 is 12.1. The van der Waals surface area contributed by atoms with Crippen LogP contribution >= 0.6 is 23.2 Å². The number of unbranched alkanes of at least 4 members (excludes halogenated alkanes) is 1. The van der Waals surface area contributed by atoms with Crippen molar-refractivity contribution in [2.24, 2.45) is 0 Å². The van der Waals surface area contributed by atoms with Crippen LogP contribution in [-0.4, -0.2) is 29.7 Å². The average Bonchev–Trinajstić information content (AvgIpc) is 2.32. The minimum atomic E-state index is 0.169. The minimum Gasteiger partial charge on any atom is -0.395 e. The highest BCUT2D eigenvalue weighted by molar-refractivity contribution is 6.42. The van der Waals surface area contributed by atoms with Crippen molar-refractivity contribution in [2.45, 2.75) is 26.3 Å². The van der Waals surface area contributed by atoms with Crippen molar-refractivity contribution in [1.29, 1.82) is 0 Å². The largest absolute Gasteiger partial charge is 0.395 e. The van der Waals surface area contributed by atoms with E-state index in [1.165, 1.54) is 0 Å². The van der Waals surface area contributed by atoms with Gasteiger partial charge in [0.1, 0.15) is 0 Å². The van der Waals surface area contributed by atoms with Gasteiger partial charge in [0.2, 0.25) is 0 Å². The van der Waals surface area contributed by atoms with E-state index in [0.717, 1.165) is 31.5 Å². The van der Waals surface area contributed by atoms with Crippen molar-refractivity contribution in [2.75, 3.05) is 19.7 Å². The first-order valence-corrected chi connectivity index (χ1v) is 6.70. The van der Waals surface area contributed by atoms with Crippen LogP contribution in [0.2, 0.25) is 10.0 Å². The molecule has 0 spiro atoms. The van der Waals surface area contributed by atoms with E-state index in [-0.39, 0.29) is 6.61 Å². The van der Waals surface area contributed by atoms with Crippen molar-refractivity contribution in [3.8, 4) is 0 Å². The van der Waals surface area contributed by atoms with Gasteiger partial charge >= 0.3 is 0 Å². The van der Waals surface area contributed by atoms with E-state index < -0.39 is 0 Å². The van der Waals surface area contributed by atoms with Crippen LogP contribution < -0.4 is 0 Å². The van der Waals surface area contributed by atoms with Crippen LogP contribution in [0.15, 0.2) is 18.2 Å². The molecule has 1 aromatic carbocycles. The minimum absolute atomic E-state index is 0.169. The first-order chi connectivity index (χ1) is 8.19. The molecule has 0 unspecified atom stereocenters. The average molecular weight is 276 g/mol. The molecule has 0 aromatic heterocycles. The lowest BCUT2D eigenvalue weighted by Gasteiger charge is -2.21. The van der Waals surface area contributed by atoms with Crippen molar-refractivity contribution >= 4 is 23.2 Å². The number of aliphatic hydroxyl groups excluding tert-OH is 1. The molecule has 96 valence electrons. The lowest BCUT2D eigenvalue weighted by Crippen LogP contribution is -2.27. The van der Waals surface area contributed by atoms with Crippen molar-refractivity contribution < 1.29 is 5.11 Å². The Bertz CT molecular complexity index is 344. The highest BCUT2D eigenvalue weighted by atomic mass is 35.5. The van der Waals surface area contributed by atoms with Gasteiger partial charge in [0.15, 0.2) is 0 Å². The predicted molar refractivity (Wildman–Crippen MR) is 73.7 cm³/mol. The SMILES string of the molecule is CCCCN(CCO)Cc1cccc(Cl)c1Cl. The topological polar surface area (TPSA) is 23.5 Å². The Morgan fingerprint density at radius 2 is 2.00 bits per heavy atom. The monoisotopic (exact) mass is 275 g/mol. The lowest BCUT2D eigenvalue weighted by atomic mass is 10.2. The Morgan fingerprint density at radius 3 is 2.65 bits per heavy atom. The Balaban J connectivity index is 2.67. The van der Waals surface area contributed by atoms with Crippen molar-refractivity contribution in [1.82, 2.24) is 4.90 Å². The van der Waals surface area contributed by atoms with E-state index in [4.69, 9.17) is 28.3 Å². The molecule has 0 aliphatic heterocycles. The first-order valence-electron chi connectivity index (χ1n) is 5.95. The molecule has 2 nitrogen and oxygen atoms in total. The van der Waals surface area contributed by atoms with Crippen LogP contribution in [-0.2, 0) is 6.54 Å². The van der Waals surface area contributed by atoms with Crippen LogP contribution in [0, 0.1) is 0 Å². The molecule has 17 heavy (non-hydrogen) atoms. The van der Waals surface area contributed by atoms with Crippen LogP contribution in [0.1, 0.15) is 25.3 Å². The highest BCUT2D eigenvalue weighted by Gasteiger charge is 2.09. The quantitative estimate of drug-likeness (QED) is 0.822. The maximum atomic E-state index is 9.04. The van der Waals surface area contributed by atoms with Gasteiger partial charge in [0.25, 0.3) is 0 Å². The van der Waals surface area contributed by atoms with Crippen molar-refractivity contribution in [3.63, 3.8) is 0 Å². The third-order valence-electron chi connectivity index (χ3n) is 2.67. The fourth-order valence-corrected chi connectivity index (χ4v) is 2.08. The van der Waals surface area contributed by atoms with Crippen LogP contribution in [0.5, 0.6) is 0 Å². The molecule has 0 atom stereocenters. The summed E-state index contributed by atoms with van der Waals surface area (Å²) in [5.74, 6) is 0. The molecule has 1 aromatic rings. The van der Waals surface area contributed by atoms with Gasteiger partial charge in [0, 0.05) is 13.1 Å². The molecule has 1 N–H and O–H groups in total. The van der Waals surface area contributed by atoms with Gasteiger partial charge in [-0.2, -0.15) is 0 Å². The number of hydrogen-bond donors (Lipinski definition) is 1. The predicted octanol–water partition coefficient (Wildman–Crippen LogP) is 3.59. The normalized spacial score (nSPS) is 11.1. The first kappa shape index (κ1) is 14.8. The van der Waals surface area contributed by atoms with Crippen molar-refractivity contribution in [3.05, 3.63) is 33.8 Å². The summed E-state index contributed by atoms with van der Waals surface area (Å²) in [7, 11) is 0. The molecule has 0 aliphatic rings. The van der Waals surface area contributed by atoms with Gasteiger partial charge in [-0.3, -0.25) is 4.90 Å². The maximum absolute atomic E-state index is 9.04. The standard InChI is InChI=1S/C13H19Cl2NO/c1-2-3-7-16(8-9-17)10-11-5-4-6-12(14)13(11)15/h4-6,17H,2-3,7-10H2,1H3. The summed E-state index contributed by atoms with van der Waals surface area (Å²) in [6.07, 6.45) is 2.27. The van der Waals surface area contributed by atoms with Gasteiger partial charge in [0.05, 0.1) is 16.7 Å². The van der Waals surface area contributed by atoms with E-state index >= 15 is 0 Å². The fourth-order valence-electron chi connectivity index (χ4n) is 1.70. The van der Waals surface area contributed by atoms with Crippen LogP contribution in [0.4, 0.5) is 0 Å². The molecule has 4 heteroatoms. The molecule has 0 fully saturated rings. The Hall–Kier alpha value is -0.280. The Morgan fingerprint density at radius 1 is 1.24 bits per heavy atom. The summed E-state index contributed by atoms with van der Waals surface area (Å²) in [5.41, 5.74) is 1.02. The van der Waals surface area contributed by atoms with Gasteiger partial charge in [-0.15, -0.1) is 0 Å². The van der Waals surface area contributed by atoms with E-state index in [2.05, 4.69) is 11.8 Å². The lowest BCUT2D eigenvalue weighted by molar-refractivity contribution is 0.188. The molecule has 0 radical (unpaired) electrons. The van der Waals surface area contributed by atoms with Gasteiger partial charge in [-0.1, -0.05) is 48.7 Å². The number of rotatable bonds is 7. The highest BCUT2D eigenvalue weighted by Crippen LogP contribution is 2.26. The third kappa shape index (κ3) is 4.84. The number of hydrogen-bond acceptors (Lipinski definition) is 2. The molecule has 0 bridgehead atoms. The van der Waals surface area contributed by atoms with Gasteiger partial charge in [-0.25, -0.2) is 0 Å². The molecule has 0 saturated carbocycles. The van der Waals surface area contributed by atoms with Crippen LogP contribution in [0.3, 0.4) is 0 Å². The van der Waals surface area contributed by atoms with Crippen LogP contribution in [0.25, 0.3) is 0 Å². The van der Waals surface area contributed by atoms with E-state index in [0.29, 0.717) is 16.6 Å². The molecular weight excluding hydrogens is 257 g/mol.